The molecule has 0 saturated heterocycles. The molecule has 1 unspecified atom stereocenters. The number of ether oxygens (including phenoxy) is 1. The number of aromatic nitrogens is 2. The van der Waals surface area contributed by atoms with E-state index in [1.54, 1.807) is 13.2 Å². The molecule has 2 aromatic rings. The topological polar surface area (TPSA) is 55.2 Å². The third-order valence-corrected chi connectivity index (χ3v) is 3.22. The molecule has 0 amide bonds. The normalized spacial score (nSPS) is 12.2. The zero-order valence-electron chi connectivity index (χ0n) is 10.8. The van der Waals surface area contributed by atoms with Gasteiger partial charge in [0.2, 0.25) is 5.88 Å². The van der Waals surface area contributed by atoms with E-state index in [2.05, 4.69) is 25.9 Å². The fraction of sp³-hybridized carbons (Fsp3) is 0.286. The SMILES string of the molecule is COc1cc(CC(O)c2cc(C)cc(Br)c2)ncn1. The summed E-state index contributed by atoms with van der Waals surface area (Å²) in [5.74, 6) is 0.502. The highest BCUT2D eigenvalue weighted by Crippen LogP contribution is 2.23. The Kier molecular flexibility index (Phi) is 4.50. The molecular formula is C14H15BrN2O2. The van der Waals surface area contributed by atoms with Crippen LogP contribution in [0.25, 0.3) is 0 Å². The number of aliphatic hydroxyl groups is 1. The fourth-order valence-corrected chi connectivity index (χ4v) is 2.50. The van der Waals surface area contributed by atoms with Crippen LogP contribution in [0.4, 0.5) is 0 Å². The molecule has 5 heteroatoms. The van der Waals surface area contributed by atoms with Crippen molar-refractivity contribution in [2.24, 2.45) is 0 Å². The molecule has 0 aliphatic rings. The molecule has 19 heavy (non-hydrogen) atoms. The Morgan fingerprint density at radius 1 is 1.26 bits per heavy atom. The Hall–Kier alpha value is -1.46. The number of aryl methyl sites for hydroxylation is 1. The van der Waals surface area contributed by atoms with E-state index in [0.29, 0.717) is 12.3 Å². The first kappa shape index (κ1) is 14.0. The molecule has 0 saturated carbocycles. The second-order valence-electron chi connectivity index (χ2n) is 4.33. The van der Waals surface area contributed by atoms with Crippen LogP contribution in [0.1, 0.15) is 22.9 Å². The van der Waals surface area contributed by atoms with Crippen molar-refractivity contribution >= 4 is 15.9 Å². The van der Waals surface area contributed by atoms with E-state index in [4.69, 9.17) is 4.74 Å². The quantitative estimate of drug-likeness (QED) is 0.940. The third-order valence-electron chi connectivity index (χ3n) is 2.76. The van der Waals surface area contributed by atoms with Gasteiger partial charge in [-0.25, -0.2) is 9.97 Å². The van der Waals surface area contributed by atoms with Gasteiger partial charge in [-0.2, -0.15) is 0 Å². The number of rotatable bonds is 4. The van der Waals surface area contributed by atoms with Gasteiger partial charge in [0.05, 0.1) is 18.9 Å². The summed E-state index contributed by atoms with van der Waals surface area (Å²) in [5, 5.41) is 10.3. The van der Waals surface area contributed by atoms with Crippen molar-refractivity contribution in [2.75, 3.05) is 7.11 Å². The van der Waals surface area contributed by atoms with Gasteiger partial charge in [0.1, 0.15) is 6.33 Å². The number of hydrogen-bond acceptors (Lipinski definition) is 4. The molecule has 0 bridgehead atoms. The van der Waals surface area contributed by atoms with E-state index in [0.717, 1.165) is 21.3 Å². The first-order valence-corrected chi connectivity index (χ1v) is 6.68. The Morgan fingerprint density at radius 2 is 2.05 bits per heavy atom. The summed E-state index contributed by atoms with van der Waals surface area (Å²) in [6, 6.07) is 7.61. The minimum atomic E-state index is -0.601. The molecular weight excluding hydrogens is 308 g/mol. The standard InChI is InChI=1S/C14H15BrN2O2/c1-9-3-10(5-11(15)4-9)13(18)6-12-7-14(19-2)17-8-16-12/h3-5,7-8,13,18H,6H2,1-2H3. The van der Waals surface area contributed by atoms with Crippen molar-refractivity contribution in [3.05, 3.63) is 51.9 Å². The van der Waals surface area contributed by atoms with E-state index in [9.17, 15) is 5.11 Å². The average Bonchev–Trinajstić information content (AvgIpc) is 2.37. The summed E-state index contributed by atoms with van der Waals surface area (Å²) < 4.78 is 6.00. The van der Waals surface area contributed by atoms with Crippen molar-refractivity contribution in [3.63, 3.8) is 0 Å². The molecule has 0 aliphatic heterocycles. The Labute approximate surface area is 120 Å². The minimum absolute atomic E-state index is 0.425. The molecule has 1 N–H and O–H groups in total. The molecule has 1 atom stereocenters. The van der Waals surface area contributed by atoms with Gasteiger partial charge in [-0.15, -0.1) is 0 Å². The van der Waals surface area contributed by atoms with Gasteiger partial charge in [-0.05, 0) is 30.2 Å². The van der Waals surface area contributed by atoms with Crippen LogP contribution in [-0.2, 0) is 6.42 Å². The summed E-state index contributed by atoms with van der Waals surface area (Å²) >= 11 is 3.43. The zero-order valence-corrected chi connectivity index (χ0v) is 12.4. The molecule has 4 nitrogen and oxygen atoms in total. The summed E-state index contributed by atoms with van der Waals surface area (Å²) in [6.07, 6.45) is 1.26. The van der Waals surface area contributed by atoms with E-state index < -0.39 is 6.10 Å². The molecule has 0 radical (unpaired) electrons. The first-order chi connectivity index (χ1) is 9.08. The van der Waals surface area contributed by atoms with Gasteiger partial charge in [0.15, 0.2) is 0 Å². The third kappa shape index (κ3) is 3.75. The molecule has 1 heterocycles. The van der Waals surface area contributed by atoms with Crippen LogP contribution in [0.3, 0.4) is 0 Å². The lowest BCUT2D eigenvalue weighted by Crippen LogP contribution is -2.04. The zero-order chi connectivity index (χ0) is 13.8. The Bertz CT molecular complexity index is 555. The molecule has 0 fully saturated rings. The highest BCUT2D eigenvalue weighted by molar-refractivity contribution is 9.10. The van der Waals surface area contributed by atoms with Crippen molar-refractivity contribution in [1.29, 1.82) is 0 Å². The Balaban J connectivity index is 2.17. The molecule has 1 aromatic heterocycles. The van der Waals surface area contributed by atoms with Gasteiger partial charge in [0, 0.05) is 17.0 Å². The summed E-state index contributed by atoms with van der Waals surface area (Å²) in [5.41, 5.74) is 2.71. The van der Waals surface area contributed by atoms with Crippen molar-refractivity contribution < 1.29 is 9.84 Å². The van der Waals surface area contributed by atoms with Crippen LogP contribution >= 0.6 is 15.9 Å². The van der Waals surface area contributed by atoms with Gasteiger partial charge >= 0.3 is 0 Å². The molecule has 0 aliphatic carbocycles. The van der Waals surface area contributed by atoms with Crippen molar-refractivity contribution in [1.82, 2.24) is 9.97 Å². The summed E-state index contributed by atoms with van der Waals surface area (Å²) in [4.78, 5) is 8.08. The molecule has 100 valence electrons. The predicted molar refractivity (Wildman–Crippen MR) is 76.1 cm³/mol. The predicted octanol–water partition coefficient (Wildman–Crippen LogP) is 2.83. The monoisotopic (exact) mass is 322 g/mol. The molecule has 2 rings (SSSR count). The first-order valence-electron chi connectivity index (χ1n) is 5.88. The van der Waals surface area contributed by atoms with Crippen LogP contribution in [0.5, 0.6) is 5.88 Å². The largest absolute Gasteiger partial charge is 0.481 e. The average molecular weight is 323 g/mol. The number of halogens is 1. The van der Waals surface area contributed by atoms with Crippen molar-refractivity contribution in [2.45, 2.75) is 19.4 Å². The molecule has 1 aromatic carbocycles. The van der Waals surface area contributed by atoms with Crippen LogP contribution < -0.4 is 4.74 Å². The second-order valence-corrected chi connectivity index (χ2v) is 5.25. The summed E-state index contributed by atoms with van der Waals surface area (Å²) in [7, 11) is 1.56. The van der Waals surface area contributed by atoms with E-state index in [1.165, 1.54) is 6.33 Å². The lowest BCUT2D eigenvalue weighted by atomic mass is 10.0. The number of methoxy groups -OCH3 is 1. The highest BCUT2D eigenvalue weighted by atomic mass is 79.9. The van der Waals surface area contributed by atoms with Gasteiger partial charge < -0.3 is 9.84 Å². The van der Waals surface area contributed by atoms with Crippen LogP contribution in [0.15, 0.2) is 35.1 Å². The number of benzene rings is 1. The maximum atomic E-state index is 10.3. The van der Waals surface area contributed by atoms with Crippen LogP contribution in [0.2, 0.25) is 0 Å². The fourth-order valence-electron chi connectivity index (χ4n) is 1.87. The van der Waals surface area contributed by atoms with Gasteiger partial charge in [0.25, 0.3) is 0 Å². The van der Waals surface area contributed by atoms with E-state index in [1.807, 2.05) is 25.1 Å². The lowest BCUT2D eigenvalue weighted by molar-refractivity contribution is 0.177. The molecule has 0 spiro atoms. The van der Waals surface area contributed by atoms with Crippen molar-refractivity contribution in [3.8, 4) is 5.88 Å². The van der Waals surface area contributed by atoms with Crippen LogP contribution in [-0.4, -0.2) is 22.2 Å². The second kappa shape index (κ2) is 6.12. The highest BCUT2D eigenvalue weighted by Gasteiger charge is 2.11. The van der Waals surface area contributed by atoms with Gasteiger partial charge in [-0.3, -0.25) is 0 Å². The summed E-state index contributed by atoms with van der Waals surface area (Å²) in [6.45, 7) is 1.99. The maximum absolute atomic E-state index is 10.3. The number of aliphatic hydroxyl groups excluding tert-OH is 1. The minimum Gasteiger partial charge on any atom is -0.481 e. The maximum Gasteiger partial charge on any atom is 0.216 e. The lowest BCUT2D eigenvalue weighted by Gasteiger charge is -2.12. The smallest absolute Gasteiger partial charge is 0.216 e. The van der Waals surface area contributed by atoms with Gasteiger partial charge in [-0.1, -0.05) is 22.0 Å². The van der Waals surface area contributed by atoms with Crippen LogP contribution in [0, 0.1) is 6.92 Å². The van der Waals surface area contributed by atoms with E-state index in [-0.39, 0.29) is 0 Å². The number of hydrogen-bond donors (Lipinski definition) is 1. The van der Waals surface area contributed by atoms with E-state index >= 15 is 0 Å². The number of nitrogens with zero attached hydrogens (tertiary/aromatic N) is 2. The Morgan fingerprint density at radius 3 is 2.74 bits per heavy atom.